The number of phosphoric ester groups is 1. The highest BCUT2D eigenvalue weighted by atomic mass is 31.2. The van der Waals surface area contributed by atoms with Crippen molar-refractivity contribution in [3.8, 4) is 0 Å². The minimum Gasteiger partial charge on any atom is -0.756 e. The smallest absolute Gasteiger partial charge is 0.306 e. The summed E-state index contributed by atoms with van der Waals surface area (Å²) in [6.45, 7) is 3.76. The number of esters is 2. The molecule has 55 heavy (non-hydrogen) atoms. The average Bonchev–Trinajstić information content (AvgIpc) is 3.13. The number of carbonyl (C=O) groups is 2. The molecule has 0 aliphatic heterocycles. The first-order valence-corrected chi connectivity index (χ1v) is 22.2. The van der Waals surface area contributed by atoms with E-state index in [1.807, 2.05) is 52.4 Å². The minimum absolute atomic E-state index is 0.0508. The van der Waals surface area contributed by atoms with Gasteiger partial charge in [0.25, 0.3) is 7.82 Å². The van der Waals surface area contributed by atoms with E-state index in [4.69, 9.17) is 18.5 Å². The molecule has 1 unspecified atom stereocenters. The molecular weight excluding hydrogens is 717 g/mol. The fraction of sp³-hybridized carbons (Fsp3) is 0.682. The maximum Gasteiger partial charge on any atom is 0.306 e. The van der Waals surface area contributed by atoms with E-state index in [1.165, 1.54) is 25.7 Å². The van der Waals surface area contributed by atoms with Gasteiger partial charge in [-0.25, -0.2) is 0 Å². The molecule has 0 aromatic rings. The summed E-state index contributed by atoms with van der Waals surface area (Å²) in [6, 6.07) is 0. The lowest BCUT2D eigenvalue weighted by atomic mass is 10.1. The lowest BCUT2D eigenvalue weighted by molar-refractivity contribution is -0.870. The van der Waals surface area contributed by atoms with E-state index >= 15 is 0 Å². The Bertz CT molecular complexity index is 1190. The number of allylic oxidation sites excluding steroid dienone is 11. The fourth-order valence-corrected chi connectivity index (χ4v) is 5.66. The van der Waals surface area contributed by atoms with Crippen molar-refractivity contribution in [2.24, 2.45) is 0 Å². The van der Waals surface area contributed by atoms with E-state index in [0.29, 0.717) is 36.7 Å². The highest BCUT2D eigenvalue weighted by Crippen LogP contribution is 2.38. The quantitative estimate of drug-likeness (QED) is 0.0165. The van der Waals surface area contributed by atoms with E-state index in [2.05, 4.69) is 49.5 Å². The van der Waals surface area contributed by atoms with Crippen LogP contribution in [0.25, 0.3) is 0 Å². The number of carbonyl (C=O) groups excluding carboxylic acids is 2. The predicted octanol–water partition coefficient (Wildman–Crippen LogP) is 9.80. The van der Waals surface area contributed by atoms with Gasteiger partial charge in [0, 0.05) is 12.8 Å². The van der Waals surface area contributed by atoms with E-state index < -0.39 is 32.5 Å². The molecule has 10 nitrogen and oxygen atoms in total. The number of rotatable bonds is 36. The molecule has 1 N–H and O–H groups in total. The second-order valence-corrected chi connectivity index (χ2v) is 16.2. The fourth-order valence-electron chi connectivity index (χ4n) is 4.93. The molecule has 0 aromatic heterocycles. The zero-order chi connectivity index (χ0) is 40.9. The number of hydrogen-bond acceptors (Lipinski definition) is 9. The van der Waals surface area contributed by atoms with Crippen molar-refractivity contribution in [3.05, 3.63) is 72.9 Å². The van der Waals surface area contributed by atoms with Gasteiger partial charge in [-0.3, -0.25) is 14.2 Å². The maximum absolute atomic E-state index is 12.6. The van der Waals surface area contributed by atoms with Crippen molar-refractivity contribution < 1.29 is 47.2 Å². The van der Waals surface area contributed by atoms with Crippen LogP contribution in [0.3, 0.4) is 0 Å². The van der Waals surface area contributed by atoms with Crippen LogP contribution < -0.4 is 4.89 Å². The Morgan fingerprint density at radius 1 is 0.673 bits per heavy atom. The van der Waals surface area contributed by atoms with Crippen LogP contribution in [-0.4, -0.2) is 81.2 Å². The number of nitrogens with zero attached hydrogens (tertiary/aromatic N) is 1. The van der Waals surface area contributed by atoms with Crippen LogP contribution in [0.1, 0.15) is 136 Å². The van der Waals surface area contributed by atoms with Crippen molar-refractivity contribution in [1.29, 1.82) is 0 Å². The molecule has 0 radical (unpaired) electrons. The van der Waals surface area contributed by atoms with Crippen molar-refractivity contribution >= 4 is 19.8 Å². The Kier molecular flexibility index (Phi) is 34.1. The number of aliphatic hydroxyl groups is 1. The second-order valence-electron chi connectivity index (χ2n) is 14.8. The molecule has 0 fully saturated rings. The van der Waals surface area contributed by atoms with Crippen LogP contribution in [0.15, 0.2) is 72.9 Å². The van der Waals surface area contributed by atoms with Crippen LogP contribution in [0, 0.1) is 0 Å². The van der Waals surface area contributed by atoms with Crippen molar-refractivity contribution in [2.45, 2.75) is 148 Å². The molecule has 11 heteroatoms. The van der Waals surface area contributed by atoms with E-state index in [1.54, 1.807) is 6.08 Å². The van der Waals surface area contributed by atoms with E-state index in [0.717, 1.165) is 57.8 Å². The van der Waals surface area contributed by atoms with Crippen molar-refractivity contribution in [2.75, 3.05) is 47.5 Å². The Balaban J connectivity index is 4.53. The molecule has 0 bridgehead atoms. The normalized spacial score (nSPS) is 15.0. The molecule has 0 aliphatic rings. The van der Waals surface area contributed by atoms with Crippen LogP contribution in [0.2, 0.25) is 0 Å². The Morgan fingerprint density at radius 2 is 1.22 bits per heavy atom. The summed E-state index contributed by atoms with van der Waals surface area (Å²) in [7, 11) is 1.09. The molecule has 0 aliphatic carbocycles. The summed E-state index contributed by atoms with van der Waals surface area (Å²) in [6.07, 6.45) is 40.3. The molecule has 3 atom stereocenters. The van der Waals surface area contributed by atoms with Gasteiger partial charge in [-0.2, -0.15) is 0 Å². The number of aliphatic hydroxyl groups excluding tert-OH is 1. The number of unbranched alkanes of at least 4 members (excludes halogenated alkanes) is 10. The van der Waals surface area contributed by atoms with Gasteiger partial charge in [-0.05, 0) is 70.6 Å². The molecule has 0 saturated carbocycles. The van der Waals surface area contributed by atoms with Gasteiger partial charge in [0.05, 0.1) is 33.9 Å². The van der Waals surface area contributed by atoms with Gasteiger partial charge in [-0.15, -0.1) is 0 Å². The number of quaternary nitrogens is 1. The van der Waals surface area contributed by atoms with Crippen molar-refractivity contribution in [3.63, 3.8) is 0 Å². The van der Waals surface area contributed by atoms with Gasteiger partial charge in [0.2, 0.25) is 0 Å². The van der Waals surface area contributed by atoms with Gasteiger partial charge in [-0.1, -0.05) is 125 Å². The lowest BCUT2D eigenvalue weighted by Crippen LogP contribution is -2.37. The third-order valence-electron chi connectivity index (χ3n) is 8.37. The first-order valence-electron chi connectivity index (χ1n) is 20.8. The Labute approximate surface area is 334 Å². The SMILES string of the molecule is CCCCCC/C=C\CCCCCCCC(=O)O[C@H](COC(=O)CCC/C=C\C/C=C\C/C=C\C/C=C\C=C\[C@@H](O)CC)COP(=O)([O-])OCC[N+](C)(C)C. The summed E-state index contributed by atoms with van der Waals surface area (Å²) in [4.78, 5) is 37.4. The highest BCUT2D eigenvalue weighted by Gasteiger charge is 2.21. The molecule has 0 amide bonds. The van der Waals surface area contributed by atoms with Crippen LogP contribution in [0.4, 0.5) is 0 Å². The van der Waals surface area contributed by atoms with Gasteiger partial charge < -0.3 is 33.0 Å². The summed E-state index contributed by atoms with van der Waals surface area (Å²) in [5, 5.41) is 9.47. The van der Waals surface area contributed by atoms with E-state index in [-0.39, 0.29) is 32.2 Å². The third-order valence-corrected chi connectivity index (χ3v) is 9.33. The minimum atomic E-state index is -4.65. The Morgan fingerprint density at radius 3 is 1.85 bits per heavy atom. The Hall–Kier alpha value is -2.59. The summed E-state index contributed by atoms with van der Waals surface area (Å²) in [5.41, 5.74) is 0. The number of ether oxygens (including phenoxy) is 2. The lowest BCUT2D eigenvalue weighted by Gasteiger charge is -2.28. The standard InChI is InChI=1S/C44H76NO9P/c1-6-8-9-10-11-12-13-16-21-24-27-30-33-36-44(48)54-42(40-53-55(49,50)52-38-37-45(3,4)5)39-51-43(47)35-32-29-26-23-20-18-15-14-17-19-22-25-28-31-34-41(46)7-2/h12-13,15,17-19,23,25-26,28,31,34,41-42,46H,6-11,14,16,20-22,24,27,29-30,32-33,35-40H2,1-5H3/b13-12-,18-15-,19-17-,26-23-,28-25-,34-31+/t41-,42+/m0/s1. The van der Waals surface area contributed by atoms with Crippen LogP contribution >= 0.6 is 7.82 Å². The second kappa shape index (κ2) is 35.8. The topological polar surface area (TPSA) is 131 Å². The highest BCUT2D eigenvalue weighted by molar-refractivity contribution is 7.45. The third kappa shape index (κ3) is 39.4. The molecular formula is C44H76NO9P. The first kappa shape index (κ1) is 52.4. The van der Waals surface area contributed by atoms with Crippen LogP contribution in [-0.2, 0) is 32.7 Å². The maximum atomic E-state index is 12.6. The molecule has 0 heterocycles. The molecule has 0 rings (SSSR count). The molecule has 0 saturated heterocycles. The largest absolute Gasteiger partial charge is 0.756 e. The summed E-state index contributed by atoms with van der Waals surface area (Å²) in [5.74, 6) is -0.941. The first-order chi connectivity index (χ1) is 26.4. The monoisotopic (exact) mass is 794 g/mol. The van der Waals surface area contributed by atoms with Gasteiger partial charge in [0.1, 0.15) is 19.8 Å². The van der Waals surface area contributed by atoms with Gasteiger partial charge in [0.15, 0.2) is 6.10 Å². The van der Waals surface area contributed by atoms with E-state index in [9.17, 15) is 24.2 Å². The van der Waals surface area contributed by atoms with Gasteiger partial charge >= 0.3 is 11.9 Å². The molecule has 0 spiro atoms. The number of hydrogen-bond donors (Lipinski definition) is 1. The predicted molar refractivity (Wildman–Crippen MR) is 223 cm³/mol. The zero-order valence-electron chi connectivity index (χ0n) is 35.0. The average molecular weight is 794 g/mol. The number of phosphoric acid groups is 1. The molecule has 316 valence electrons. The summed E-state index contributed by atoms with van der Waals surface area (Å²) >= 11 is 0. The van der Waals surface area contributed by atoms with Crippen molar-refractivity contribution in [1.82, 2.24) is 0 Å². The zero-order valence-corrected chi connectivity index (χ0v) is 35.8. The van der Waals surface area contributed by atoms with Crippen LogP contribution in [0.5, 0.6) is 0 Å². The summed E-state index contributed by atoms with van der Waals surface area (Å²) < 4.78 is 33.7. The molecule has 0 aromatic carbocycles. The number of likely N-dealkylation sites (N-methyl/N-ethyl adjacent to an activating group) is 1.